The molecule has 3 rings (SSSR count). The van der Waals surface area contributed by atoms with Gasteiger partial charge in [0.1, 0.15) is 4.47 Å². The highest BCUT2D eigenvalue weighted by molar-refractivity contribution is 9.10. The van der Waals surface area contributed by atoms with Crippen LogP contribution in [0, 0.1) is 13.8 Å². The average molecular weight is 334 g/mol. The maximum atomic E-state index is 11.7. The summed E-state index contributed by atoms with van der Waals surface area (Å²) < 4.78 is 7.47. The van der Waals surface area contributed by atoms with Gasteiger partial charge in [0.05, 0.1) is 17.6 Å². The first-order valence-corrected chi connectivity index (χ1v) is 6.93. The molecule has 0 bridgehead atoms. The van der Waals surface area contributed by atoms with Crippen molar-refractivity contribution in [2.24, 2.45) is 0 Å². The van der Waals surface area contributed by atoms with Crippen LogP contribution in [0.5, 0.6) is 0 Å². The second kappa shape index (κ2) is 4.86. The normalized spacial score (nSPS) is 11.2. The van der Waals surface area contributed by atoms with Crippen molar-refractivity contribution in [3.05, 3.63) is 56.2 Å². The fraction of sp³-hybridized carbons (Fsp3) is 0.214. The number of aryl methyl sites for hydroxylation is 2. The lowest BCUT2D eigenvalue weighted by molar-refractivity contribution is 0.530. The third-order valence-electron chi connectivity index (χ3n) is 3.29. The highest BCUT2D eigenvalue weighted by Gasteiger charge is 2.16. The third-order valence-corrected chi connectivity index (χ3v) is 4.20. The molecule has 20 heavy (non-hydrogen) atoms. The van der Waals surface area contributed by atoms with Gasteiger partial charge >= 0.3 is 5.63 Å². The molecular formula is C14H12BrN3O2. The minimum atomic E-state index is -0.405. The first-order valence-electron chi connectivity index (χ1n) is 6.14. The molecule has 0 aliphatic carbocycles. The van der Waals surface area contributed by atoms with E-state index < -0.39 is 5.63 Å². The molecule has 0 amide bonds. The molecule has 0 spiro atoms. The largest absolute Gasteiger partial charge is 0.401 e. The molecule has 0 aliphatic rings. The Balaban J connectivity index is 2.17. The average Bonchev–Trinajstić information content (AvgIpc) is 2.74. The highest BCUT2D eigenvalue weighted by atomic mass is 79.9. The van der Waals surface area contributed by atoms with Crippen molar-refractivity contribution in [2.75, 3.05) is 0 Å². The summed E-state index contributed by atoms with van der Waals surface area (Å²) in [6.45, 7) is 4.38. The van der Waals surface area contributed by atoms with Crippen LogP contribution < -0.4 is 5.63 Å². The molecule has 3 aromatic rings. The standard InChI is InChI=1S/C14H12BrN3O2/c1-8-11-9(2)18(7-10-5-3-4-6-16-10)17-13(11)20-14(19)12(8)15/h3-6H,7H2,1-2H3. The Hall–Kier alpha value is -1.95. The molecule has 0 saturated heterocycles. The van der Waals surface area contributed by atoms with Crippen LogP contribution in [0.3, 0.4) is 0 Å². The van der Waals surface area contributed by atoms with Gasteiger partial charge in [0.2, 0.25) is 5.71 Å². The molecule has 0 aromatic carbocycles. The quantitative estimate of drug-likeness (QED) is 0.723. The summed E-state index contributed by atoms with van der Waals surface area (Å²) in [6.07, 6.45) is 1.75. The molecule has 5 nitrogen and oxygen atoms in total. The predicted molar refractivity (Wildman–Crippen MR) is 78.8 cm³/mol. The fourth-order valence-corrected chi connectivity index (χ4v) is 2.50. The summed E-state index contributed by atoms with van der Waals surface area (Å²) in [5.74, 6) is 0. The lowest BCUT2D eigenvalue weighted by Gasteiger charge is -2.03. The highest BCUT2D eigenvalue weighted by Crippen LogP contribution is 2.25. The van der Waals surface area contributed by atoms with Crippen molar-refractivity contribution in [1.29, 1.82) is 0 Å². The van der Waals surface area contributed by atoms with Crippen LogP contribution in [0.15, 0.2) is 38.1 Å². The smallest absolute Gasteiger partial charge is 0.352 e. The Morgan fingerprint density at radius 3 is 2.85 bits per heavy atom. The molecule has 0 atom stereocenters. The van der Waals surface area contributed by atoms with E-state index in [2.05, 4.69) is 26.0 Å². The molecule has 0 N–H and O–H groups in total. The number of fused-ring (bicyclic) bond motifs is 1. The Labute approximate surface area is 123 Å². The van der Waals surface area contributed by atoms with Crippen LogP contribution in [0.2, 0.25) is 0 Å². The topological polar surface area (TPSA) is 60.9 Å². The summed E-state index contributed by atoms with van der Waals surface area (Å²) in [5.41, 5.74) is 2.66. The zero-order chi connectivity index (χ0) is 14.3. The predicted octanol–water partition coefficient (Wildman–Crippen LogP) is 2.81. The Morgan fingerprint density at radius 1 is 1.35 bits per heavy atom. The van der Waals surface area contributed by atoms with Gasteiger partial charge in [0.25, 0.3) is 0 Å². The van der Waals surface area contributed by atoms with Gasteiger partial charge in [0, 0.05) is 11.9 Å². The van der Waals surface area contributed by atoms with E-state index in [0.29, 0.717) is 16.7 Å². The van der Waals surface area contributed by atoms with Crippen LogP contribution in [0.1, 0.15) is 17.0 Å². The number of pyridine rings is 1. The Kier molecular flexibility index (Phi) is 3.17. The van der Waals surface area contributed by atoms with Gasteiger partial charge in [-0.05, 0) is 47.5 Å². The van der Waals surface area contributed by atoms with Crippen molar-refractivity contribution in [3.63, 3.8) is 0 Å². The maximum absolute atomic E-state index is 11.7. The zero-order valence-corrected chi connectivity index (χ0v) is 12.6. The molecule has 0 fully saturated rings. The lowest BCUT2D eigenvalue weighted by Crippen LogP contribution is -2.04. The summed E-state index contributed by atoms with van der Waals surface area (Å²) in [5, 5.41) is 5.23. The van der Waals surface area contributed by atoms with E-state index in [4.69, 9.17) is 4.42 Å². The van der Waals surface area contributed by atoms with E-state index in [1.54, 1.807) is 10.9 Å². The number of nitrogens with zero attached hydrogens (tertiary/aromatic N) is 3. The van der Waals surface area contributed by atoms with Gasteiger partial charge in [0.15, 0.2) is 0 Å². The molecule has 0 aliphatic heterocycles. The van der Waals surface area contributed by atoms with Gasteiger partial charge in [-0.15, -0.1) is 5.10 Å². The zero-order valence-electron chi connectivity index (χ0n) is 11.1. The molecule has 102 valence electrons. The molecule has 0 radical (unpaired) electrons. The van der Waals surface area contributed by atoms with E-state index >= 15 is 0 Å². The summed E-state index contributed by atoms with van der Waals surface area (Å²) in [4.78, 5) is 15.9. The van der Waals surface area contributed by atoms with Gasteiger partial charge in [-0.25, -0.2) is 4.79 Å². The number of hydrogen-bond acceptors (Lipinski definition) is 4. The second-order valence-electron chi connectivity index (χ2n) is 4.57. The summed E-state index contributed by atoms with van der Waals surface area (Å²) in [7, 11) is 0. The van der Waals surface area contributed by atoms with E-state index in [0.717, 1.165) is 22.3 Å². The number of rotatable bonds is 2. The molecule has 3 aromatic heterocycles. The van der Waals surface area contributed by atoms with Crippen LogP contribution >= 0.6 is 15.9 Å². The van der Waals surface area contributed by atoms with Crippen molar-refractivity contribution >= 4 is 27.0 Å². The summed E-state index contributed by atoms with van der Waals surface area (Å²) in [6, 6.07) is 5.74. The Bertz CT molecular complexity index is 837. The number of aromatic nitrogens is 3. The van der Waals surface area contributed by atoms with Crippen LogP contribution in [0.25, 0.3) is 11.1 Å². The first-order chi connectivity index (χ1) is 9.58. The van der Waals surface area contributed by atoms with Crippen molar-refractivity contribution in [1.82, 2.24) is 14.8 Å². The lowest BCUT2D eigenvalue weighted by atomic mass is 10.2. The van der Waals surface area contributed by atoms with Gasteiger partial charge in [-0.3, -0.25) is 9.67 Å². The van der Waals surface area contributed by atoms with Gasteiger partial charge in [-0.2, -0.15) is 0 Å². The maximum Gasteiger partial charge on any atom is 0.352 e. The van der Waals surface area contributed by atoms with Crippen LogP contribution in [-0.4, -0.2) is 14.8 Å². The summed E-state index contributed by atoms with van der Waals surface area (Å²) >= 11 is 3.25. The van der Waals surface area contributed by atoms with Crippen molar-refractivity contribution < 1.29 is 4.42 Å². The van der Waals surface area contributed by atoms with E-state index in [1.807, 2.05) is 32.0 Å². The van der Waals surface area contributed by atoms with E-state index in [1.165, 1.54) is 0 Å². The van der Waals surface area contributed by atoms with E-state index in [9.17, 15) is 4.79 Å². The van der Waals surface area contributed by atoms with Crippen molar-refractivity contribution in [3.8, 4) is 0 Å². The molecule has 0 saturated carbocycles. The minimum Gasteiger partial charge on any atom is -0.401 e. The fourth-order valence-electron chi connectivity index (χ4n) is 2.22. The SMILES string of the molecule is Cc1c(Br)c(=O)oc2nn(Cc3ccccn3)c(C)c12. The molecule has 0 unspecified atom stereocenters. The van der Waals surface area contributed by atoms with Crippen molar-refractivity contribution in [2.45, 2.75) is 20.4 Å². The third kappa shape index (κ3) is 2.06. The minimum absolute atomic E-state index is 0.365. The van der Waals surface area contributed by atoms with E-state index in [-0.39, 0.29) is 0 Å². The Morgan fingerprint density at radius 2 is 2.15 bits per heavy atom. The number of halogens is 1. The molecule has 6 heteroatoms. The van der Waals surface area contributed by atoms with Crippen LogP contribution in [-0.2, 0) is 6.54 Å². The van der Waals surface area contributed by atoms with Gasteiger partial charge < -0.3 is 4.42 Å². The second-order valence-corrected chi connectivity index (χ2v) is 5.37. The first kappa shape index (κ1) is 13.1. The molecular weight excluding hydrogens is 322 g/mol. The molecule has 3 heterocycles. The van der Waals surface area contributed by atoms with Gasteiger partial charge in [-0.1, -0.05) is 6.07 Å². The van der Waals surface area contributed by atoms with Crippen LogP contribution in [0.4, 0.5) is 0 Å². The number of hydrogen-bond donors (Lipinski definition) is 0. The monoisotopic (exact) mass is 333 g/mol.